The Kier molecular flexibility index (Phi) is 8.76. The highest BCUT2D eigenvalue weighted by atomic mass is 35.5. The molecule has 5 nitrogen and oxygen atoms in total. The molecule has 0 aliphatic carbocycles. The lowest BCUT2D eigenvalue weighted by Crippen LogP contribution is -2.38. The van der Waals surface area contributed by atoms with Crippen LogP contribution in [-0.2, 0) is 4.79 Å². The number of rotatable bonds is 7. The van der Waals surface area contributed by atoms with Crippen molar-refractivity contribution in [1.82, 2.24) is 5.32 Å². The maximum absolute atomic E-state index is 12.0. The zero-order valence-corrected chi connectivity index (χ0v) is 13.2. The molecule has 20 heavy (non-hydrogen) atoms. The summed E-state index contributed by atoms with van der Waals surface area (Å²) in [5.41, 5.74) is 0.608. The Morgan fingerprint density at radius 2 is 2.00 bits per heavy atom. The molecule has 1 unspecified atom stereocenters. The number of anilines is 1. The first kappa shape index (κ1) is 18.5. The van der Waals surface area contributed by atoms with Crippen LogP contribution in [0.4, 0.5) is 5.69 Å². The lowest BCUT2D eigenvalue weighted by molar-refractivity contribution is -0.117. The van der Waals surface area contributed by atoms with Crippen LogP contribution in [0.5, 0.6) is 11.5 Å². The summed E-state index contributed by atoms with van der Waals surface area (Å²) < 4.78 is 10.4. The maximum Gasteiger partial charge on any atom is 0.241 e. The van der Waals surface area contributed by atoms with Crippen LogP contribution in [0.1, 0.15) is 20.3 Å². The molecule has 0 aliphatic rings. The average molecular weight is 303 g/mol. The second-order valence-corrected chi connectivity index (χ2v) is 4.23. The van der Waals surface area contributed by atoms with Gasteiger partial charge in [0.05, 0.1) is 25.9 Å². The number of carbonyl (C=O) groups excluding carboxylic acids is 1. The van der Waals surface area contributed by atoms with Crippen LogP contribution < -0.4 is 20.1 Å². The largest absolute Gasteiger partial charge is 0.497 e. The maximum atomic E-state index is 12.0. The van der Waals surface area contributed by atoms with E-state index in [1.165, 1.54) is 0 Å². The molecule has 1 amide bonds. The van der Waals surface area contributed by atoms with E-state index in [0.717, 1.165) is 13.0 Å². The molecule has 2 N–H and O–H groups in total. The third-order valence-electron chi connectivity index (χ3n) is 2.76. The monoisotopic (exact) mass is 302 g/mol. The molecule has 0 fully saturated rings. The highest BCUT2D eigenvalue weighted by molar-refractivity contribution is 5.96. The Morgan fingerprint density at radius 1 is 1.30 bits per heavy atom. The van der Waals surface area contributed by atoms with Crippen LogP contribution in [-0.4, -0.2) is 32.7 Å². The van der Waals surface area contributed by atoms with Gasteiger partial charge in [-0.15, -0.1) is 12.4 Å². The molecular formula is C14H23ClN2O3. The number of benzene rings is 1. The molecular weight excluding hydrogens is 280 g/mol. The molecule has 0 heterocycles. The standard InChI is InChI=1S/C14H22N2O3.ClH/c1-5-8-15-10(2)14(17)16-12-9-11(18-3)6-7-13(12)19-4;/h6-7,9-10,15H,5,8H2,1-4H3,(H,16,17);1H. The molecule has 0 saturated heterocycles. The van der Waals surface area contributed by atoms with Gasteiger partial charge in [0.1, 0.15) is 11.5 Å². The third kappa shape index (κ3) is 5.27. The van der Waals surface area contributed by atoms with Crippen molar-refractivity contribution >= 4 is 24.0 Å². The third-order valence-corrected chi connectivity index (χ3v) is 2.76. The molecule has 1 atom stereocenters. The summed E-state index contributed by atoms with van der Waals surface area (Å²) in [6, 6.07) is 5.03. The Morgan fingerprint density at radius 3 is 2.55 bits per heavy atom. The quantitative estimate of drug-likeness (QED) is 0.812. The van der Waals surface area contributed by atoms with Gasteiger partial charge in [0.2, 0.25) is 5.91 Å². The average Bonchev–Trinajstić information content (AvgIpc) is 2.44. The fourth-order valence-electron chi connectivity index (χ4n) is 1.61. The summed E-state index contributed by atoms with van der Waals surface area (Å²) in [5, 5.41) is 5.97. The zero-order valence-electron chi connectivity index (χ0n) is 12.4. The van der Waals surface area contributed by atoms with Crippen LogP contribution in [0.25, 0.3) is 0 Å². The number of hydrogen-bond donors (Lipinski definition) is 2. The predicted molar refractivity (Wildman–Crippen MR) is 83.2 cm³/mol. The zero-order chi connectivity index (χ0) is 14.3. The number of amides is 1. The Balaban J connectivity index is 0.00000361. The molecule has 0 radical (unpaired) electrons. The van der Waals surface area contributed by atoms with E-state index in [1.807, 2.05) is 6.92 Å². The fourth-order valence-corrected chi connectivity index (χ4v) is 1.61. The topological polar surface area (TPSA) is 59.6 Å². The molecule has 114 valence electrons. The van der Waals surface area contributed by atoms with Crippen molar-refractivity contribution in [3.63, 3.8) is 0 Å². The van der Waals surface area contributed by atoms with E-state index in [1.54, 1.807) is 32.4 Å². The first-order valence-electron chi connectivity index (χ1n) is 6.38. The minimum absolute atomic E-state index is 0. The van der Waals surface area contributed by atoms with Crippen LogP contribution in [0.15, 0.2) is 18.2 Å². The Labute approximate surface area is 126 Å². The summed E-state index contributed by atoms with van der Waals surface area (Å²) in [6.07, 6.45) is 0.986. The highest BCUT2D eigenvalue weighted by Crippen LogP contribution is 2.28. The van der Waals surface area contributed by atoms with Gasteiger partial charge in [-0.1, -0.05) is 6.92 Å². The first-order chi connectivity index (χ1) is 9.12. The predicted octanol–water partition coefficient (Wildman–Crippen LogP) is 2.45. The van der Waals surface area contributed by atoms with Crippen molar-refractivity contribution in [2.75, 3.05) is 26.1 Å². The van der Waals surface area contributed by atoms with Gasteiger partial charge in [0, 0.05) is 6.07 Å². The van der Waals surface area contributed by atoms with E-state index in [9.17, 15) is 4.79 Å². The van der Waals surface area contributed by atoms with Crippen molar-refractivity contribution in [2.24, 2.45) is 0 Å². The van der Waals surface area contributed by atoms with Gasteiger partial charge in [-0.2, -0.15) is 0 Å². The molecule has 6 heteroatoms. The molecule has 0 saturated carbocycles. The smallest absolute Gasteiger partial charge is 0.241 e. The molecule has 0 aromatic heterocycles. The van der Waals surface area contributed by atoms with Gasteiger partial charge >= 0.3 is 0 Å². The summed E-state index contributed by atoms with van der Waals surface area (Å²) in [6.45, 7) is 4.70. The molecule has 1 rings (SSSR count). The van der Waals surface area contributed by atoms with Crippen molar-refractivity contribution in [3.8, 4) is 11.5 Å². The van der Waals surface area contributed by atoms with E-state index >= 15 is 0 Å². The van der Waals surface area contributed by atoms with Crippen LogP contribution in [0, 0.1) is 0 Å². The second-order valence-electron chi connectivity index (χ2n) is 4.23. The highest BCUT2D eigenvalue weighted by Gasteiger charge is 2.14. The van der Waals surface area contributed by atoms with Crippen molar-refractivity contribution in [3.05, 3.63) is 18.2 Å². The van der Waals surface area contributed by atoms with Gasteiger partial charge < -0.3 is 20.1 Å². The number of carbonyl (C=O) groups is 1. The lowest BCUT2D eigenvalue weighted by atomic mass is 10.2. The molecule has 1 aromatic carbocycles. The SMILES string of the molecule is CCCNC(C)C(=O)Nc1cc(OC)ccc1OC.Cl. The lowest BCUT2D eigenvalue weighted by Gasteiger charge is -2.16. The van der Waals surface area contributed by atoms with E-state index in [-0.39, 0.29) is 24.4 Å². The van der Waals surface area contributed by atoms with E-state index in [0.29, 0.717) is 17.2 Å². The van der Waals surface area contributed by atoms with Crippen LogP contribution >= 0.6 is 12.4 Å². The molecule has 0 bridgehead atoms. The number of methoxy groups -OCH3 is 2. The molecule has 0 spiro atoms. The summed E-state index contributed by atoms with van der Waals surface area (Å²) in [5.74, 6) is 1.18. The van der Waals surface area contributed by atoms with Crippen molar-refractivity contribution in [1.29, 1.82) is 0 Å². The minimum Gasteiger partial charge on any atom is -0.497 e. The Hall–Kier alpha value is -1.46. The van der Waals surface area contributed by atoms with E-state index < -0.39 is 0 Å². The normalized spacial score (nSPS) is 11.2. The van der Waals surface area contributed by atoms with Crippen molar-refractivity contribution < 1.29 is 14.3 Å². The van der Waals surface area contributed by atoms with Gasteiger partial charge in [0.15, 0.2) is 0 Å². The first-order valence-corrected chi connectivity index (χ1v) is 6.38. The Bertz CT molecular complexity index is 427. The number of nitrogens with one attached hydrogen (secondary N) is 2. The summed E-state index contributed by atoms with van der Waals surface area (Å²) in [7, 11) is 3.15. The number of hydrogen-bond acceptors (Lipinski definition) is 4. The van der Waals surface area contributed by atoms with Crippen LogP contribution in [0.3, 0.4) is 0 Å². The summed E-state index contributed by atoms with van der Waals surface area (Å²) >= 11 is 0. The fraction of sp³-hybridized carbons (Fsp3) is 0.500. The van der Waals surface area contributed by atoms with Gasteiger partial charge in [-0.25, -0.2) is 0 Å². The second kappa shape index (κ2) is 9.44. The van der Waals surface area contributed by atoms with Crippen LogP contribution in [0.2, 0.25) is 0 Å². The van der Waals surface area contributed by atoms with E-state index in [4.69, 9.17) is 9.47 Å². The van der Waals surface area contributed by atoms with Gasteiger partial charge in [-0.05, 0) is 32.0 Å². The number of ether oxygens (including phenoxy) is 2. The van der Waals surface area contributed by atoms with Gasteiger partial charge in [-0.3, -0.25) is 4.79 Å². The number of halogens is 1. The molecule has 1 aromatic rings. The summed E-state index contributed by atoms with van der Waals surface area (Å²) in [4.78, 5) is 12.0. The minimum atomic E-state index is -0.254. The van der Waals surface area contributed by atoms with Gasteiger partial charge in [0.25, 0.3) is 0 Å². The van der Waals surface area contributed by atoms with E-state index in [2.05, 4.69) is 17.6 Å². The molecule has 0 aliphatic heterocycles. The van der Waals surface area contributed by atoms with Crippen molar-refractivity contribution in [2.45, 2.75) is 26.3 Å².